The average molecular weight is 274 g/mol. The Morgan fingerprint density at radius 2 is 2.11 bits per heavy atom. The molecule has 2 heterocycles. The van der Waals surface area contributed by atoms with Gasteiger partial charge in [-0.15, -0.1) is 0 Å². The first-order valence-electron chi connectivity index (χ1n) is 6.83. The molecule has 0 bridgehead atoms. The van der Waals surface area contributed by atoms with Gasteiger partial charge >= 0.3 is 0 Å². The van der Waals surface area contributed by atoms with E-state index in [4.69, 9.17) is 12.2 Å². The lowest BCUT2D eigenvalue weighted by Crippen LogP contribution is -2.18. The van der Waals surface area contributed by atoms with Gasteiger partial charge in [-0.1, -0.05) is 19.8 Å². The van der Waals surface area contributed by atoms with Gasteiger partial charge in [-0.2, -0.15) is 5.10 Å². The van der Waals surface area contributed by atoms with E-state index in [2.05, 4.69) is 26.7 Å². The van der Waals surface area contributed by atoms with Gasteiger partial charge in [0, 0.05) is 24.0 Å². The molecule has 0 spiro atoms. The fourth-order valence-electron chi connectivity index (χ4n) is 2.98. The molecule has 2 unspecified atom stereocenters. The molecule has 19 heavy (non-hydrogen) atoms. The van der Waals surface area contributed by atoms with Crippen molar-refractivity contribution in [1.29, 1.82) is 0 Å². The predicted octanol–water partition coefficient (Wildman–Crippen LogP) is 3.75. The Bertz CT molecular complexity index is 601. The molecule has 0 amide bonds. The minimum Gasteiger partial charge on any atom is -0.297 e. The van der Waals surface area contributed by atoms with Crippen molar-refractivity contribution in [1.82, 2.24) is 19.7 Å². The van der Waals surface area contributed by atoms with E-state index in [-0.39, 0.29) is 0 Å². The van der Waals surface area contributed by atoms with E-state index < -0.39 is 0 Å². The van der Waals surface area contributed by atoms with E-state index in [9.17, 15) is 0 Å². The SMILES string of the molecule is CC1CCCC(n2c(-c3ccncc3)n[nH]c2=S)C1. The van der Waals surface area contributed by atoms with Gasteiger partial charge in [0.1, 0.15) is 0 Å². The third-order valence-corrected chi connectivity index (χ3v) is 4.20. The molecule has 4 nitrogen and oxygen atoms in total. The van der Waals surface area contributed by atoms with Crippen molar-refractivity contribution in [2.24, 2.45) is 5.92 Å². The van der Waals surface area contributed by atoms with Crippen molar-refractivity contribution in [3.05, 3.63) is 29.3 Å². The number of hydrogen-bond acceptors (Lipinski definition) is 3. The van der Waals surface area contributed by atoms with Crippen molar-refractivity contribution < 1.29 is 0 Å². The number of hydrogen-bond donors (Lipinski definition) is 1. The number of nitrogens with zero attached hydrogens (tertiary/aromatic N) is 3. The molecule has 100 valence electrons. The lowest BCUT2D eigenvalue weighted by atomic mass is 9.87. The van der Waals surface area contributed by atoms with Crippen molar-refractivity contribution in [3.63, 3.8) is 0 Å². The van der Waals surface area contributed by atoms with Crippen LogP contribution in [0.2, 0.25) is 0 Å². The van der Waals surface area contributed by atoms with Crippen LogP contribution in [-0.2, 0) is 0 Å². The number of nitrogens with one attached hydrogen (secondary N) is 1. The highest BCUT2D eigenvalue weighted by Crippen LogP contribution is 2.34. The van der Waals surface area contributed by atoms with Crippen molar-refractivity contribution >= 4 is 12.2 Å². The third kappa shape index (κ3) is 2.47. The lowest BCUT2D eigenvalue weighted by molar-refractivity contribution is 0.282. The van der Waals surface area contributed by atoms with Crippen molar-refractivity contribution in [2.75, 3.05) is 0 Å². The fraction of sp³-hybridized carbons (Fsp3) is 0.500. The first-order chi connectivity index (χ1) is 9.25. The molecular weight excluding hydrogens is 256 g/mol. The third-order valence-electron chi connectivity index (χ3n) is 3.92. The van der Waals surface area contributed by atoms with Gasteiger partial charge < -0.3 is 0 Å². The first kappa shape index (κ1) is 12.5. The standard InChI is InChI=1S/C14H18N4S/c1-10-3-2-4-12(9-10)18-13(16-17-14(18)19)11-5-7-15-8-6-11/h5-8,10,12H,2-4,9H2,1H3,(H,17,19). The Labute approximate surface area is 117 Å². The number of rotatable bonds is 2. The van der Waals surface area contributed by atoms with Crippen LogP contribution in [0.3, 0.4) is 0 Å². The minimum absolute atomic E-state index is 0.471. The second-order valence-corrected chi connectivity index (χ2v) is 5.77. The fourth-order valence-corrected chi connectivity index (χ4v) is 3.27. The quantitative estimate of drug-likeness (QED) is 0.848. The van der Waals surface area contributed by atoms with Gasteiger partial charge in [-0.25, -0.2) is 0 Å². The summed E-state index contributed by atoms with van der Waals surface area (Å²) in [6.45, 7) is 2.32. The number of aromatic amines is 1. The number of H-pyrrole nitrogens is 1. The zero-order valence-electron chi connectivity index (χ0n) is 11.0. The molecule has 0 aromatic carbocycles. The maximum absolute atomic E-state index is 5.42. The van der Waals surface area contributed by atoms with E-state index >= 15 is 0 Å². The van der Waals surface area contributed by atoms with Crippen LogP contribution < -0.4 is 0 Å². The van der Waals surface area contributed by atoms with E-state index in [1.54, 1.807) is 12.4 Å². The van der Waals surface area contributed by atoms with Crippen LogP contribution in [0.25, 0.3) is 11.4 Å². The zero-order chi connectivity index (χ0) is 13.2. The van der Waals surface area contributed by atoms with Gasteiger partial charge in [0.2, 0.25) is 0 Å². The van der Waals surface area contributed by atoms with Gasteiger partial charge in [0.15, 0.2) is 10.6 Å². The molecule has 2 aromatic rings. The van der Waals surface area contributed by atoms with Crippen LogP contribution in [0.15, 0.2) is 24.5 Å². The molecular formula is C14H18N4S. The summed E-state index contributed by atoms with van der Waals surface area (Å²) < 4.78 is 2.92. The Morgan fingerprint density at radius 1 is 1.32 bits per heavy atom. The van der Waals surface area contributed by atoms with Crippen LogP contribution in [0.1, 0.15) is 38.6 Å². The number of pyridine rings is 1. The van der Waals surface area contributed by atoms with Crippen LogP contribution >= 0.6 is 12.2 Å². The van der Waals surface area contributed by atoms with Gasteiger partial charge in [0.05, 0.1) is 0 Å². The molecule has 1 fully saturated rings. The summed E-state index contributed by atoms with van der Waals surface area (Å²) in [5.74, 6) is 1.70. The van der Waals surface area contributed by atoms with Crippen LogP contribution in [0.5, 0.6) is 0 Å². The maximum Gasteiger partial charge on any atom is 0.195 e. The Hall–Kier alpha value is -1.49. The maximum atomic E-state index is 5.42. The van der Waals surface area contributed by atoms with E-state index in [0.29, 0.717) is 6.04 Å². The molecule has 3 rings (SSSR count). The van der Waals surface area contributed by atoms with E-state index in [1.165, 1.54) is 25.7 Å². The summed E-state index contributed by atoms with van der Waals surface area (Å²) in [5.41, 5.74) is 1.07. The highest BCUT2D eigenvalue weighted by molar-refractivity contribution is 7.71. The summed E-state index contributed by atoms with van der Waals surface area (Å²) >= 11 is 5.42. The van der Waals surface area contributed by atoms with E-state index in [1.807, 2.05) is 12.1 Å². The highest BCUT2D eigenvalue weighted by Gasteiger charge is 2.23. The Morgan fingerprint density at radius 3 is 2.84 bits per heavy atom. The van der Waals surface area contributed by atoms with Crippen molar-refractivity contribution in [3.8, 4) is 11.4 Å². The van der Waals surface area contributed by atoms with Crippen LogP contribution in [0, 0.1) is 10.7 Å². The van der Waals surface area contributed by atoms with Gasteiger partial charge in [0.25, 0.3) is 0 Å². The normalized spacial score (nSPS) is 23.4. The molecule has 0 aliphatic heterocycles. The summed E-state index contributed by atoms with van der Waals surface area (Å²) in [4.78, 5) is 4.06. The molecule has 5 heteroatoms. The highest BCUT2D eigenvalue weighted by atomic mass is 32.1. The Balaban J connectivity index is 2.02. The topological polar surface area (TPSA) is 46.5 Å². The van der Waals surface area contributed by atoms with Gasteiger partial charge in [-0.3, -0.25) is 14.6 Å². The number of aromatic nitrogens is 4. The molecule has 1 N–H and O–H groups in total. The molecule has 1 saturated carbocycles. The van der Waals surface area contributed by atoms with Gasteiger partial charge in [-0.05, 0) is 43.1 Å². The average Bonchev–Trinajstić information content (AvgIpc) is 2.82. The molecule has 2 aromatic heterocycles. The summed E-state index contributed by atoms with van der Waals surface area (Å²) in [6.07, 6.45) is 8.56. The van der Waals surface area contributed by atoms with Crippen LogP contribution in [-0.4, -0.2) is 19.7 Å². The monoisotopic (exact) mass is 274 g/mol. The summed E-state index contributed by atoms with van der Waals surface area (Å²) in [7, 11) is 0. The Kier molecular flexibility index (Phi) is 3.46. The predicted molar refractivity (Wildman–Crippen MR) is 77.3 cm³/mol. The molecule has 1 aliphatic rings. The smallest absolute Gasteiger partial charge is 0.195 e. The molecule has 0 radical (unpaired) electrons. The second kappa shape index (κ2) is 5.25. The van der Waals surface area contributed by atoms with E-state index in [0.717, 1.165) is 22.1 Å². The molecule has 0 saturated heterocycles. The first-order valence-corrected chi connectivity index (χ1v) is 7.24. The minimum atomic E-state index is 0.471. The summed E-state index contributed by atoms with van der Waals surface area (Å²) in [6, 6.07) is 4.43. The second-order valence-electron chi connectivity index (χ2n) is 5.38. The molecule has 2 atom stereocenters. The largest absolute Gasteiger partial charge is 0.297 e. The molecule has 1 aliphatic carbocycles. The lowest BCUT2D eigenvalue weighted by Gasteiger charge is -2.28. The summed E-state index contributed by atoms with van der Waals surface area (Å²) in [5, 5.41) is 7.35. The van der Waals surface area contributed by atoms with Crippen LogP contribution in [0.4, 0.5) is 0 Å². The zero-order valence-corrected chi connectivity index (χ0v) is 11.9. The van der Waals surface area contributed by atoms with Crippen molar-refractivity contribution in [2.45, 2.75) is 38.6 Å².